The summed E-state index contributed by atoms with van der Waals surface area (Å²) in [5.74, 6) is -1.25. The van der Waals surface area contributed by atoms with Gasteiger partial charge < -0.3 is 9.67 Å². The molecule has 0 aliphatic carbocycles. The summed E-state index contributed by atoms with van der Waals surface area (Å²) in [7, 11) is 0. The first kappa shape index (κ1) is 11.0. The van der Waals surface area contributed by atoms with E-state index < -0.39 is 11.4 Å². The van der Waals surface area contributed by atoms with Gasteiger partial charge in [-0.1, -0.05) is 0 Å². The van der Waals surface area contributed by atoms with Crippen LogP contribution in [0.1, 0.15) is 16.1 Å². The third-order valence-corrected chi connectivity index (χ3v) is 2.30. The Kier molecular flexibility index (Phi) is 2.70. The third-order valence-electron chi connectivity index (χ3n) is 2.30. The number of aromatic carboxylic acids is 1. The van der Waals surface area contributed by atoms with Crippen molar-refractivity contribution in [2.24, 2.45) is 0 Å². The summed E-state index contributed by atoms with van der Waals surface area (Å²) in [6.07, 6.45) is 5.73. The maximum absolute atomic E-state index is 11.4. The van der Waals surface area contributed by atoms with E-state index in [-0.39, 0.29) is 5.56 Å². The summed E-state index contributed by atoms with van der Waals surface area (Å²) in [5.41, 5.74) is 0.435. The quantitative estimate of drug-likeness (QED) is 0.819. The monoisotopic (exact) mass is 231 g/mol. The van der Waals surface area contributed by atoms with Gasteiger partial charge in [0.25, 0.3) is 0 Å². The van der Waals surface area contributed by atoms with Crippen molar-refractivity contribution < 1.29 is 9.90 Å². The van der Waals surface area contributed by atoms with Gasteiger partial charge in [0.2, 0.25) is 0 Å². The number of carboxylic acid groups (broad SMARTS) is 1. The maximum Gasteiger partial charge on any atom is 0.341 e. The van der Waals surface area contributed by atoms with Gasteiger partial charge >= 0.3 is 5.97 Å². The van der Waals surface area contributed by atoms with Crippen LogP contribution in [0.3, 0.4) is 0 Å². The van der Waals surface area contributed by atoms with Crippen LogP contribution in [0.5, 0.6) is 0 Å². The van der Waals surface area contributed by atoms with Crippen LogP contribution in [0.25, 0.3) is 5.69 Å². The number of aromatic nitrogens is 3. The fraction of sp³-hybridized carbons (Fsp3) is 0.0909. The summed E-state index contributed by atoms with van der Waals surface area (Å²) < 4.78 is 1.56. The second-order valence-corrected chi connectivity index (χ2v) is 3.46. The summed E-state index contributed by atoms with van der Waals surface area (Å²) in [6, 6.07) is 1.27. The topological polar surface area (TPSA) is 85.1 Å². The molecule has 2 aromatic rings. The molecule has 0 saturated carbocycles. The molecule has 2 rings (SSSR count). The van der Waals surface area contributed by atoms with Crippen LogP contribution >= 0.6 is 0 Å². The average molecular weight is 231 g/mol. The molecule has 17 heavy (non-hydrogen) atoms. The largest absolute Gasteiger partial charge is 0.477 e. The maximum atomic E-state index is 11.4. The lowest BCUT2D eigenvalue weighted by Gasteiger charge is -2.10. The van der Waals surface area contributed by atoms with Crippen LogP contribution in [0.15, 0.2) is 35.8 Å². The van der Waals surface area contributed by atoms with Crippen molar-refractivity contribution in [3.8, 4) is 5.69 Å². The lowest BCUT2D eigenvalue weighted by atomic mass is 10.2. The molecule has 2 aromatic heterocycles. The van der Waals surface area contributed by atoms with E-state index in [1.807, 2.05) is 0 Å². The molecule has 0 aliphatic heterocycles. The zero-order valence-electron chi connectivity index (χ0n) is 8.99. The Balaban J connectivity index is 2.67. The molecule has 0 amide bonds. The van der Waals surface area contributed by atoms with Crippen LogP contribution in [0, 0.1) is 6.92 Å². The Morgan fingerprint density at radius 2 is 2.00 bits per heavy atom. The van der Waals surface area contributed by atoms with Gasteiger partial charge in [0.05, 0.1) is 18.1 Å². The number of hydrogen-bond donors (Lipinski definition) is 1. The predicted octanol–water partition coefficient (Wildman–Crippen LogP) is 0.634. The van der Waals surface area contributed by atoms with Gasteiger partial charge in [-0.05, 0) is 6.92 Å². The minimum absolute atomic E-state index is 0.278. The second-order valence-electron chi connectivity index (χ2n) is 3.46. The van der Waals surface area contributed by atoms with Crippen LogP contribution in [-0.4, -0.2) is 25.6 Å². The van der Waals surface area contributed by atoms with E-state index in [4.69, 9.17) is 5.11 Å². The minimum Gasteiger partial charge on any atom is -0.477 e. The second kappa shape index (κ2) is 4.17. The highest BCUT2D eigenvalue weighted by atomic mass is 16.4. The molecule has 2 heterocycles. The molecule has 0 radical (unpaired) electrons. The Morgan fingerprint density at radius 1 is 1.35 bits per heavy atom. The zero-order valence-corrected chi connectivity index (χ0v) is 8.99. The van der Waals surface area contributed by atoms with Gasteiger partial charge in [-0.15, -0.1) is 0 Å². The van der Waals surface area contributed by atoms with Crippen molar-refractivity contribution in [3.63, 3.8) is 0 Å². The van der Waals surface area contributed by atoms with Crippen LogP contribution in [0.2, 0.25) is 0 Å². The molecule has 0 saturated heterocycles. The Hall–Kier alpha value is -2.50. The van der Waals surface area contributed by atoms with E-state index in [2.05, 4.69) is 9.97 Å². The van der Waals surface area contributed by atoms with Crippen LogP contribution < -0.4 is 5.43 Å². The SMILES string of the molecule is Cc1cc(=O)c(C(=O)O)cn1-c1cncnc1. The Labute approximate surface area is 96.2 Å². The van der Waals surface area contributed by atoms with E-state index in [9.17, 15) is 9.59 Å². The molecule has 0 unspecified atom stereocenters. The fourth-order valence-corrected chi connectivity index (χ4v) is 1.49. The lowest BCUT2D eigenvalue weighted by molar-refractivity contribution is 0.0695. The first-order valence-electron chi connectivity index (χ1n) is 4.81. The summed E-state index contributed by atoms with van der Waals surface area (Å²) in [4.78, 5) is 30.0. The average Bonchev–Trinajstić information content (AvgIpc) is 2.29. The molecule has 0 atom stereocenters. The van der Waals surface area contributed by atoms with E-state index >= 15 is 0 Å². The van der Waals surface area contributed by atoms with E-state index in [1.54, 1.807) is 11.5 Å². The molecule has 0 aromatic carbocycles. The number of carboxylic acids is 1. The standard InChI is InChI=1S/C11H9N3O3/c1-7-2-10(15)9(11(16)17)5-14(7)8-3-12-6-13-4-8/h2-6H,1H3,(H,16,17). The van der Waals surface area contributed by atoms with Crippen molar-refractivity contribution in [2.75, 3.05) is 0 Å². The first-order chi connectivity index (χ1) is 8.09. The van der Waals surface area contributed by atoms with E-state index in [0.29, 0.717) is 11.4 Å². The molecule has 86 valence electrons. The van der Waals surface area contributed by atoms with Crippen LogP contribution in [-0.2, 0) is 0 Å². The van der Waals surface area contributed by atoms with Gasteiger partial charge in [-0.3, -0.25) is 4.79 Å². The predicted molar refractivity (Wildman–Crippen MR) is 59.3 cm³/mol. The number of aryl methyl sites for hydroxylation is 1. The summed E-state index contributed by atoms with van der Waals surface area (Å²) in [6.45, 7) is 1.71. The highest BCUT2D eigenvalue weighted by Crippen LogP contribution is 2.08. The molecular weight excluding hydrogens is 222 g/mol. The molecule has 6 heteroatoms. The van der Waals surface area contributed by atoms with Crippen molar-refractivity contribution in [2.45, 2.75) is 6.92 Å². The van der Waals surface area contributed by atoms with Gasteiger partial charge in [0, 0.05) is 18.0 Å². The molecule has 0 fully saturated rings. The molecule has 0 bridgehead atoms. The van der Waals surface area contributed by atoms with Crippen molar-refractivity contribution >= 4 is 5.97 Å². The highest BCUT2D eigenvalue weighted by Gasteiger charge is 2.11. The Morgan fingerprint density at radius 3 is 2.59 bits per heavy atom. The van der Waals surface area contributed by atoms with Crippen molar-refractivity contribution in [1.29, 1.82) is 0 Å². The first-order valence-corrected chi connectivity index (χ1v) is 4.81. The number of hydrogen-bond acceptors (Lipinski definition) is 4. The molecule has 6 nitrogen and oxygen atoms in total. The van der Waals surface area contributed by atoms with Gasteiger partial charge in [-0.2, -0.15) is 0 Å². The van der Waals surface area contributed by atoms with Crippen LogP contribution in [0.4, 0.5) is 0 Å². The summed E-state index contributed by atoms with van der Waals surface area (Å²) >= 11 is 0. The molecule has 1 N–H and O–H groups in total. The highest BCUT2D eigenvalue weighted by molar-refractivity contribution is 5.87. The van der Waals surface area contributed by atoms with Gasteiger partial charge in [-0.25, -0.2) is 14.8 Å². The summed E-state index contributed by atoms with van der Waals surface area (Å²) in [5, 5.41) is 8.88. The van der Waals surface area contributed by atoms with Gasteiger partial charge in [0.1, 0.15) is 11.9 Å². The lowest BCUT2D eigenvalue weighted by Crippen LogP contribution is -2.18. The van der Waals surface area contributed by atoms with Crippen molar-refractivity contribution in [3.05, 3.63) is 52.5 Å². The zero-order chi connectivity index (χ0) is 12.4. The molecular formula is C11H9N3O3. The third kappa shape index (κ3) is 2.05. The smallest absolute Gasteiger partial charge is 0.341 e. The number of nitrogens with zero attached hydrogens (tertiary/aromatic N) is 3. The number of rotatable bonds is 2. The fourth-order valence-electron chi connectivity index (χ4n) is 1.49. The Bertz CT molecular complexity index is 620. The minimum atomic E-state index is -1.25. The normalized spacial score (nSPS) is 10.2. The number of carbonyl (C=O) groups is 1. The van der Waals surface area contributed by atoms with Crippen molar-refractivity contribution in [1.82, 2.24) is 14.5 Å². The molecule has 0 spiro atoms. The number of pyridine rings is 1. The molecule has 0 aliphatic rings. The van der Waals surface area contributed by atoms with E-state index in [1.165, 1.54) is 31.0 Å². The van der Waals surface area contributed by atoms with E-state index in [0.717, 1.165) is 0 Å². The van der Waals surface area contributed by atoms with Gasteiger partial charge in [0.15, 0.2) is 5.43 Å².